The van der Waals surface area contributed by atoms with Crippen LogP contribution < -0.4 is 15.4 Å². The van der Waals surface area contributed by atoms with Crippen LogP contribution in [0.5, 0.6) is 5.75 Å². The first kappa shape index (κ1) is 23.6. The number of nitrogens with zero attached hydrogens (tertiary/aromatic N) is 2. The average Bonchev–Trinajstić information content (AvgIpc) is 2.70. The third kappa shape index (κ3) is 8.34. The maximum atomic E-state index is 12.2. The number of hydrogen-bond acceptors (Lipinski definition) is 4. The molecule has 3 N–H and O–H groups in total. The van der Waals surface area contributed by atoms with Crippen molar-refractivity contribution in [1.29, 1.82) is 0 Å². The van der Waals surface area contributed by atoms with E-state index in [0.717, 1.165) is 12.1 Å². The predicted molar refractivity (Wildman–Crippen MR) is 115 cm³/mol. The number of hydrogen-bond donors (Lipinski definition) is 3. The molecule has 2 aromatic rings. The fraction of sp³-hybridized carbons (Fsp3) is 0.409. The largest absolute Gasteiger partial charge is 0.435 e. The van der Waals surface area contributed by atoms with E-state index in [1.165, 1.54) is 17.7 Å². The highest BCUT2D eigenvalue weighted by atomic mass is 19.3. The Morgan fingerprint density at radius 2 is 1.67 bits per heavy atom. The molecule has 2 rings (SSSR count). The number of rotatable bonds is 10. The molecule has 0 aliphatic heterocycles. The first-order valence-corrected chi connectivity index (χ1v) is 9.85. The Balaban J connectivity index is 1.91. The van der Waals surface area contributed by atoms with Crippen molar-refractivity contribution in [3.05, 3.63) is 65.2 Å². The maximum Gasteiger partial charge on any atom is 0.387 e. The highest BCUT2D eigenvalue weighted by Gasteiger charge is 2.10. The van der Waals surface area contributed by atoms with Crippen LogP contribution in [0, 0.1) is 0 Å². The van der Waals surface area contributed by atoms with Gasteiger partial charge in [-0.2, -0.15) is 8.78 Å². The topological polar surface area (TPSA) is 69.1 Å². The lowest BCUT2D eigenvalue weighted by Gasteiger charge is -2.16. The molecule has 0 bridgehead atoms. The van der Waals surface area contributed by atoms with Crippen molar-refractivity contribution >= 4 is 5.96 Å². The quantitative estimate of drug-likeness (QED) is 0.407. The van der Waals surface area contributed by atoms with Gasteiger partial charge < -0.3 is 25.4 Å². The van der Waals surface area contributed by atoms with E-state index in [0.29, 0.717) is 24.6 Å². The molecule has 1 unspecified atom stereocenters. The second-order valence-electron chi connectivity index (χ2n) is 7.09. The van der Waals surface area contributed by atoms with E-state index in [2.05, 4.69) is 49.5 Å². The number of nitrogens with one attached hydrogen (secondary N) is 2. The minimum absolute atomic E-state index is 0.0559. The molecule has 2 aromatic carbocycles. The summed E-state index contributed by atoms with van der Waals surface area (Å²) in [6.45, 7) is 1.40. The Morgan fingerprint density at radius 1 is 1.03 bits per heavy atom. The molecule has 1 atom stereocenters. The zero-order valence-electron chi connectivity index (χ0n) is 17.6. The fourth-order valence-corrected chi connectivity index (χ4v) is 2.81. The molecule has 0 saturated carbocycles. The van der Waals surface area contributed by atoms with Gasteiger partial charge >= 0.3 is 6.61 Å². The van der Waals surface area contributed by atoms with Crippen molar-refractivity contribution in [3.8, 4) is 5.75 Å². The molecular weight excluding hydrogens is 390 g/mol. The summed E-state index contributed by atoms with van der Waals surface area (Å²) in [7, 11) is 4.07. The molecule has 0 aromatic heterocycles. The van der Waals surface area contributed by atoms with Gasteiger partial charge in [-0.1, -0.05) is 36.4 Å². The van der Waals surface area contributed by atoms with E-state index >= 15 is 0 Å². The number of aliphatic hydroxyl groups excluding tert-OH is 1. The van der Waals surface area contributed by atoms with Crippen LogP contribution in [0.15, 0.2) is 53.5 Å². The molecule has 0 aliphatic carbocycles. The smallest absolute Gasteiger partial charge is 0.387 e. The van der Waals surface area contributed by atoms with E-state index < -0.39 is 12.7 Å². The van der Waals surface area contributed by atoms with E-state index in [9.17, 15) is 13.9 Å². The normalized spacial score (nSPS) is 12.9. The molecule has 30 heavy (non-hydrogen) atoms. The molecule has 164 valence electrons. The third-order valence-corrected chi connectivity index (χ3v) is 4.24. The van der Waals surface area contributed by atoms with Gasteiger partial charge in [0.05, 0.1) is 12.6 Å². The second kappa shape index (κ2) is 12.1. The molecule has 6 nitrogen and oxygen atoms in total. The number of benzene rings is 2. The zero-order chi connectivity index (χ0) is 21.9. The van der Waals surface area contributed by atoms with Crippen molar-refractivity contribution in [2.75, 3.05) is 27.2 Å². The van der Waals surface area contributed by atoms with E-state index in [4.69, 9.17) is 0 Å². The summed E-state index contributed by atoms with van der Waals surface area (Å²) in [6.07, 6.45) is -0.820. The standard InChI is InChI=1S/C22H30F2N4O2/c1-4-25-22(26-13-16-5-7-17(8-6-16)15-28(2)3)27-14-20(29)18-9-11-19(12-10-18)30-21(23)24/h5-12,20-21,29H,4,13-15H2,1-3H3,(H2,25,26,27). The van der Waals surface area contributed by atoms with Crippen LogP contribution in [0.1, 0.15) is 29.7 Å². The van der Waals surface area contributed by atoms with E-state index in [1.54, 1.807) is 12.1 Å². The Hall–Kier alpha value is -2.71. The van der Waals surface area contributed by atoms with Gasteiger partial charge in [0.15, 0.2) is 5.96 Å². The molecule has 0 radical (unpaired) electrons. The number of aliphatic imine (C=N–C) groups is 1. The van der Waals surface area contributed by atoms with Gasteiger partial charge in [-0.05, 0) is 49.8 Å². The first-order chi connectivity index (χ1) is 14.4. The SMILES string of the molecule is CCNC(=NCc1ccc(CN(C)C)cc1)NCC(O)c1ccc(OC(F)F)cc1. The Kier molecular flexibility index (Phi) is 9.50. The first-order valence-electron chi connectivity index (χ1n) is 9.85. The summed E-state index contributed by atoms with van der Waals surface area (Å²) >= 11 is 0. The van der Waals surface area contributed by atoms with E-state index in [-0.39, 0.29) is 12.3 Å². The van der Waals surface area contributed by atoms with Crippen molar-refractivity contribution in [2.24, 2.45) is 4.99 Å². The summed E-state index contributed by atoms with van der Waals surface area (Å²) in [5.74, 6) is 0.645. The molecule has 0 fully saturated rings. The highest BCUT2D eigenvalue weighted by molar-refractivity contribution is 5.79. The van der Waals surface area contributed by atoms with Crippen LogP contribution in [0.25, 0.3) is 0 Å². The molecule has 0 heterocycles. The lowest BCUT2D eigenvalue weighted by Crippen LogP contribution is -2.39. The Bertz CT molecular complexity index is 781. The third-order valence-electron chi connectivity index (χ3n) is 4.24. The van der Waals surface area contributed by atoms with Crippen LogP contribution in [-0.2, 0) is 13.1 Å². The predicted octanol–water partition coefficient (Wildman–Crippen LogP) is 3.14. The van der Waals surface area contributed by atoms with E-state index in [1.807, 2.05) is 21.0 Å². The van der Waals surface area contributed by atoms with Crippen LogP contribution in [-0.4, -0.2) is 49.8 Å². The Morgan fingerprint density at radius 3 is 2.23 bits per heavy atom. The van der Waals surface area contributed by atoms with Gasteiger partial charge in [0, 0.05) is 19.6 Å². The zero-order valence-corrected chi connectivity index (χ0v) is 17.6. The van der Waals surface area contributed by atoms with Crippen LogP contribution >= 0.6 is 0 Å². The average molecular weight is 421 g/mol. The van der Waals surface area contributed by atoms with Crippen LogP contribution in [0.2, 0.25) is 0 Å². The number of guanidine groups is 1. The molecule has 0 spiro atoms. The molecule has 8 heteroatoms. The number of halogens is 2. The fourth-order valence-electron chi connectivity index (χ4n) is 2.81. The lowest BCUT2D eigenvalue weighted by atomic mass is 10.1. The summed E-state index contributed by atoms with van der Waals surface area (Å²) in [4.78, 5) is 6.67. The summed E-state index contributed by atoms with van der Waals surface area (Å²) in [6, 6.07) is 14.2. The van der Waals surface area contributed by atoms with Crippen molar-refractivity contribution in [1.82, 2.24) is 15.5 Å². The molecule has 0 saturated heterocycles. The number of alkyl halides is 2. The number of aliphatic hydroxyl groups is 1. The van der Waals surface area contributed by atoms with Gasteiger partial charge in [0.1, 0.15) is 5.75 Å². The summed E-state index contributed by atoms with van der Waals surface area (Å²) in [5, 5.41) is 16.6. The van der Waals surface area contributed by atoms with Crippen molar-refractivity contribution < 1.29 is 18.6 Å². The van der Waals surface area contributed by atoms with Gasteiger partial charge in [-0.3, -0.25) is 0 Å². The summed E-state index contributed by atoms with van der Waals surface area (Å²) < 4.78 is 28.8. The molecule has 0 aliphatic rings. The summed E-state index contributed by atoms with van der Waals surface area (Å²) in [5.41, 5.74) is 2.92. The molecular formula is C22H30F2N4O2. The minimum Gasteiger partial charge on any atom is -0.435 e. The van der Waals surface area contributed by atoms with Gasteiger partial charge in [-0.15, -0.1) is 0 Å². The lowest BCUT2D eigenvalue weighted by molar-refractivity contribution is -0.0498. The van der Waals surface area contributed by atoms with Crippen molar-refractivity contribution in [2.45, 2.75) is 32.7 Å². The molecule has 0 amide bonds. The van der Waals surface area contributed by atoms with Crippen molar-refractivity contribution in [3.63, 3.8) is 0 Å². The van der Waals surface area contributed by atoms with Gasteiger partial charge in [-0.25, -0.2) is 4.99 Å². The monoisotopic (exact) mass is 420 g/mol. The van der Waals surface area contributed by atoms with Gasteiger partial charge in [0.25, 0.3) is 0 Å². The van der Waals surface area contributed by atoms with Gasteiger partial charge in [0.2, 0.25) is 0 Å². The Labute approximate surface area is 176 Å². The van der Waals surface area contributed by atoms with Crippen LogP contribution in [0.3, 0.4) is 0 Å². The highest BCUT2D eigenvalue weighted by Crippen LogP contribution is 2.19. The second-order valence-corrected chi connectivity index (χ2v) is 7.09. The number of ether oxygens (including phenoxy) is 1. The minimum atomic E-state index is -2.87. The van der Waals surface area contributed by atoms with Crippen LogP contribution in [0.4, 0.5) is 8.78 Å². The maximum absolute atomic E-state index is 12.2.